The molecule has 2 aliphatic rings. The van der Waals surface area contributed by atoms with Gasteiger partial charge in [-0.05, 0) is 71.4 Å². The zero-order valence-corrected chi connectivity index (χ0v) is 27.8. The monoisotopic (exact) mass is 708 g/mol. The summed E-state index contributed by atoms with van der Waals surface area (Å²) in [4.78, 5) is 27.9. The van der Waals surface area contributed by atoms with Crippen LogP contribution in [0.4, 0.5) is 5.69 Å². The number of carbonyl (C=O) groups is 1. The second kappa shape index (κ2) is 11.9. The van der Waals surface area contributed by atoms with Crippen LogP contribution in [-0.2, 0) is 28.2 Å². The van der Waals surface area contributed by atoms with Gasteiger partial charge in [0.15, 0.2) is 13.9 Å². The average Bonchev–Trinajstić information content (AvgIpc) is 3.65. The van der Waals surface area contributed by atoms with Crippen molar-refractivity contribution in [2.75, 3.05) is 11.5 Å². The number of para-hydroxylation sites is 1. The van der Waals surface area contributed by atoms with Gasteiger partial charge in [-0.25, -0.2) is 0 Å². The molecule has 3 aromatic carbocycles. The largest absolute Gasteiger partial charge is 0.432 e. The van der Waals surface area contributed by atoms with E-state index in [4.69, 9.17) is 4.74 Å². The summed E-state index contributed by atoms with van der Waals surface area (Å²) in [5, 5.41) is 18.8. The first-order chi connectivity index (χ1) is 20.6. The molecule has 1 fully saturated rings. The highest BCUT2D eigenvalue weighted by Crippen LogP contribution is 2.59. The summed E-state index contributed by atoms with van der Waals surface area (Å²) < 4.78 is 9.85. The minimum absolute atomic E-state index is 0.0674. The van der Waals surface area contributed by atoms with Crippen LogP contribution in [0.25, 0.3) is 0 Å². The molecule has 1 aromatic heterocycles. The molecule has 0 radical (unpaired) electrons. The number of hydrogen-bond acceptors (Lipinski definition) is 6. The van der Waals surface area contributed by atoms with Crippen LogP contribution in [0.2, 0.25) is 18.6 Å². The predicted molar refractivity (Wildman–Crippen MR) is 176 cm³/mol. The predicted octanol–water partition coefficient (Wildman–Crippen LogP) is 5.44. The fraction of sp³-hybridized carbons (Fsp3) is 0.364. The maximum atomic E-state index is 14.5. The Labute approximate surface area is 267 Å². The number of aliphatic hydroxyl groups is 1. The van der Waals surface area contributed by atoms with Crippen molar-refractivity contribution in [2.24, 2.45) is 5.92 Å². The summed E-state index contributed by atoms with van der Waals surface area (Å²) in [5.41, 5.74) is 3.14. The normalized spacial score (nSPS) is 24.1. The highest BCUT2D eigenvalue weighted by molar-refractivity contribution is 14.1. The van der Waals surface area contributed by atoms with Crippen LogP contribution >= 0.6 is 22.6 Å². The van der Waals surface area contributed by atoms with Crippen LogP contribution in [0.1, 0.15) is 41.6 Å². The van der Waals surface area contributed by atoms with E-state index < -0.39 is 13.9 Å². The molecule has 0 saturated carbocycles. The third-order valence-electron chi connectivity index (χ3n) is 9.09. The van der Waals surface area contributed by atoms with Gasteiger partial charge in [-0.1, -0.05) is 72.8 Å². The second-order valence-electron chi connectivity index (χ2n) is 12.2. The Hall–Kier alpha value is -2.90. The van der Waals surface area contributed by atoms with Gasteiger partial charge in [0.25, 0.3) is 5.91 Å². The Balaban J connectivity index is 1.28. The molecule has 1 unspecified atom stereocenters. The van der Waals surface area contributed by atoms with Crippen molar-refractivity contribution in [1.82, 2.24) is 15.0 Å². The first kappa shape index (κ1) is 30.1. The van der Waals surface area contributed by atoms with Crippen LogP contribution in [0, 0.1) is 9.49 Å². The maximum Gasteiger partial charge on any atom is 0.264 e. The van der Waals surface area contributed by atoms with Crippen molar-refractivity contribution in [1.29, 1.82) is 0 Å². The second-order valence-corrected chi connectivity index (χ2v) is 17.5. The number of ether oxygens (including phenoxy) is 1. The Kier molecular flexibility index (Phi) is 8.33. The molecule has 10 heteroatoms. The number of halogens is 1. The van der Waals surface area contributed by atoms with E-state index in [1.807, 2.05) is 78.8 Å². The lowest BCUT2D eigenvalue weighted by Crippen LogP contribution is -2.46. The van der Waals surface area contributed by atoms with Crippen molar-refractivity contribution in [3.05, 3.63) is 111 Å². The number of anilines is 1. The van der Waals surface area contributed by atoms with Gasteiger partial charge in [0.1, 0.15) is 0 Å². The van der Waals surface area contributed by atoms with Crippen molar-refractivity contribution in [2.45, 2.75) is 62.7 Å². The number of fused-ring (bicyclic) bond motifs is 2. The van der Waals surface area contributed by atoms with Gasteiger partial charge >= 0.3 is 0 Å². The highest BCUT2D eigenvalue weighted by atomic mass is 127. The molecule has 3 heterocycles. The van der Waals surface area contributed by atoms with E-state index in [-0.39, 0.29) is 36.0 Å². The van der Waals surface area contributed by atoms with Crippen molar-refractivity contribution < 1.29 is 19.4 Å². The number of carbonyl (C=O) groups excluding carboxylic acids is 1. The smallest absolute Gasteiger partial charge is 0.264 e. The molecule has 0 aliphatic carbocycles. The molecule has 43 heavy (non-hydrogen) atoms. The number of hydrogen-bond donors (Lipinski definition) is 2. The molecular formula is C33H37IN4O4Si. The highest BCUT2D eigenvalue weighted by Gasteiger charge is 2.66. The molecule has 224 valence electrons. The summed E-state index contributed by atoms with van der Waals surface area (Å²) in [5.74, 6) is -0.547. The summed E-state index contributed by atoms with van der Waals surface area (Å²) in [6, 6.07) is 25.9. The number of aryl methyl sites for hydroxylation is 1. The number of aliphatic hydroxyl groups excluding tert-OH is 1. The first-order valence-electron chi connectivity index (χ1n) is 14.8. The molecule has 1 amide bonds. The van der Waals surface area contributed by atoms with E-state index in [0.717, 1.165) is 25.9 Å². The fourth-order valence-electron chi connectivity index (χ4n) is 7.13. The van der Waals surface area contributed by atoms with Gasteiger partial charge in [-0.3, -0.25) is 9.48 Å². The van der Waals surface area contributed by atoms with Crippen molar-refractivity contribution in [3.63, 3.8) is 0 Å². The van der Waals surface area contributed by atoms with Crippen LogP contribution < -0.4 is 4.90 Å². The van der Waals surface area contributed by atoms with Gasteiger partial charge in [-0.15, -0.1) is 5.10 Å². The number of amides is 1. The van der Waals surface area contributed by atoms with E-state index in [2.05, 4.69) is 64.1 Å². The lowest BCUT2D eigenvalue weighted by atomic mass is 9.82. The molecule has 4 aromatic rings. The maximum absolute atomic E-state index is 14.5. The van der Waals surface area contributed by atoms with Crippen molar-refractivity contribution >= 4 is 42.5 Å². The lowest BCUT2D eigenvalue weighted by molar-refractivity contribution is -0.146. The van der Waals surface area contributed by atoms with Gasteiger partial charge in [-0.2, -0.15) is 0 Å². The van der Waals surface area contributed by atoms with Crippen molar-refractivity contribution in [3.8, 4) is 0 Å². The van der Waals surface area contributed by atoms with Crippen LogP contribution in [0.3, 0.4) is 0 Å². The summed E-state index contributed by atoms with van der Waals surface area (Å²) in [6.45, 7) is 6.85. The van der Waals surface area contributed by atoms with Gasteiger partial charge < -0.3 is 19.5 Å². The molecule has 6 rings (SSSR count). The molecule has 5 atom stereocenters. The Bertz CT molecular complexity index is 1590. The van der Waals surface area contributed by atoms with E-state index in [1.54, 1.807) is 4.68 Å². The van der Waals surface area contributed by atoms with Gasteiger partial charge in [0.05, 0.1) is 36.6 Å². The average molecular weight is 709 g/mol. The SMILES string of the molecule is C[C@@H]1[C@@H]([Si](C)(C)O)[C@H](CCn2cc(C(CO)c3ccccc3)nn2)O[C@@]12C(=O)N(Cc1ccc(I)cc1)c1ccccc12. The van der Waals surface area contributed by atoms with Crippen LogP contribution in [0.5, 0.6) is 0 Å². The van der Waals surface area contributed by atoms with Gasteiger partial charge in [0, 0.05) is 33.3 Å². The third-order valence-corrected chi connectivity index (χ3v) is 12.3. The van der Waals surface area contributed by atoms with E-state index in [0.29, 0.717) is 25.2 Å². The molecule has 2 aliphatic heterocycles. The number of benzene rings is 3. The molecule has 2 N–H and O–H groups in total. The minimum Gasteiger partial charge on any atom is -0.432 e. The summed E-state index contributed by atoms with van der Waals surface area (Å²) in [6.07, 6.45) is 2.10. The molecule has 1 saturated heterocycles. The number of rotatable bonds is 9. The minimum atomic E-state index is -2.77. The standard InChI is InChI=1S/C33H37IN4O4Si/c1-22-31(43(2,3)41)30(17-18-37-20-28(35-36-37)26(21-39)24-9-5-4-6-10-24)42-33(22)27-11-7-8-12-29(27)38(32(33)40)19-23-13-15-25(34)16-14-23/h4-16,20,22,26,30-31,39,41H,17-19,21H2,1-3H3/t22-,26?,30+,31-,33+/m1/s1. The van der Waals surface area contributed by atoms with Crippen LogP contribution in [-0.4, -0.2) is 51.8 Å². The number of nitrogens with zero attached hydrogens (tertiary/aromatic N) is 4. The Morgan fingerprint density at radius 3 is 2.44 bits per heavy atom. The van der Waals surface area contributed by atoms with E-state index in [1.165, 1.54) is 0 Å². The summed E-state index contributed by atoms with van der Waals surface area (Å²) >= 11 is 2.28. The first-order valence-corrected chi connectivity index (χ1v) is 18.9. The zero-order valence-electron chi connectivity index (χ0n) is 24.6. The quantitative estimate of drug-likeness (QED) is 0.178. The molecule has 1 spiro atoms. The molecule has 0 bridgehead atoms. The van der Waals surface area contributed by atoms with Crippen LogP contribution in [0.15, 0.2) is 85.1 Å². The Morgan fingerprint density at radius 2 is 1.74 bits per heavy atom. The number of aromatic nitrogens is 3. The zero-order chi connectivity index (χ0) is 30.4. The Morgan fingerprint density at radius 1 is 1.05 bits per heavy atom. The topological polar surface area (TPSA) is 101 Å². The van der Waals surface area contributed by atoms with E-state index >= 15 is 0 Å². The molecule has 8 nitrogen and oxygen atoms in total. The fourth-order valence-corrected chi connectivity index (χ4v) is 10.1. The van der Waals surface area contributed by atoms with Gasteiger partial charge in [0.2, 0.25) is 0 Å². The van der Waals surface area contributed by atoms with E-state index in [9.17, 15) is 14.7 Å². The lowest BCUT2D eigenvalue weighted by Gasteiger charge is -2.32. The summed E-state index contributed by atoms with van der Waals surface area (Å²) in [7, 11) is -2.77. The third kappa shape index (κ3) is 5.48. The molecular weight excluding hydrogens is 671 g/mol.